The SMILES string of the molecule is CC(C)OCCCNC(=O)[C@@]1(N(C)C)CCc2ccccc21. The molecular weight excluding hydrogens is 276 g/mol. The molecule has 22 heavy (non-hydrogen) atoms. The molecule has 0 aromatic heterocycles. The molecule has 1 amide bonds. The van der Waals surface area contributed by atoms with Gasteiger partial charge >= 0.3 is 0 Å². The first-order chi connectivity index (χ1) is 10.5. The summed E-state index contributed by atoms with van der Waals surface area (Å²) < 4.78 is 5.52. The van der Waals surface area contributed by atoms with E-state index in [2.05, 4.69) is 22.3 Å². The maximum Gasteiger partial charge on any atom is 0.245 e. The van der Waals surface area contributed by atoms with E-state index in [0.717, 1.165) is 24.8 Å². The zero-order valence-electron chi connectivity index (χ0n) is 14.2. The Morgan fingerprint density at radius 3 is 2.77 bits per heavy atom. The van der Waals surface area contributed by atoms with Crippen LogP contribution in [0.25, 0.3) is 0 Å². The number of carbonyl (C=O) groups is 1. The van der Waals surface area contributed by atoms with Crippen molar-refractivity contribution in [3.8, 4) is 0 Å². The van der Waals surface area contributed by atoms with Crippen molar-refractivity contribution in [1.29, 1.82) is 0 Å². The van der Waals surface area contributed by atoms with Crippen LogP contribution < -0.4 is 5.32 Å². The fourth-order valence-electron chi connectivity index (χ4n) is 3.23. The normalized spacial score (nSPS) is 20.5. The molecule has 1 aliphatic rings. The molecule has 0 spiro atoms. The number of aryl methyl sites for hydroxylation is 1. The number of amides is 1. The smallest absolute Gasteiger partial charge is 0.245 e. The Bertz CT molecular complexity index is 514. The first kappa shape index (κ1) is 17.0. The van der Waals surface area contributed by atoms with Crippen LogP contribution in [0.15, 0.2) is 24.3 Å². The molecule has 0 unspecified atom stereocenters. The standard InChI is InChI=1S/C18H28N2O2/c1-14(2)22-13-7-12-19-17(21)18(20(3)4)11-10-15-8-5-6-9-16(15)18/h5-6,8-9,14H,7,10-13H2,1-4H3,(H,19,21)/t18-/m1/s1. The molecule has 0 radical (unpaired) electrons. The van der Waals surface area contributed by atoms with Gasteiger partial charge < -0.3 is 10.1 Å². The van der Waals surface area contributed by atoms with Crippen molar-refractivity contribution in [2.24, 2.45) is 0 Å². The first-order valence-corrected chi connectivity index (χ1v) is 8.14. The molecule has 1 N–H and O–H groups in total. The van der Waals surface area contributed by atoms with Gasteiger partial charge in [0.2, 0.25) is 5.91 Å². The molecule has 0 saturated heterocycles. The number of rotatable bonds is 7. The summed E-state index contributed by atoms with van der Waals surface area (Å²) in [5, 5.41) is 3.10. The third-order valence-corrected chi connectivity index (χ3v) is 4.42. The lowest BCUT2D eigenvalue weighted by Crippen LogP contribution is -2.52. The van der Waals surface area contributed by atoms with Crippen LogP contribution in [0.1, 0.15) is 37.8 Å². The highest BCUT2D eigenvalue weighted by Crippen LogP contribution is 2.40. The quantitative estimate of drug-likeness (QED) is 0.786. The van der Waals surface area contributed by atoms with E-state index >= 15 is 0 Å². The van der Waals surface area contributed by atoms with Gasteiger partial charge in [-0.2, -0.15) is 0 Å². The highest BCUT2D eigenvalue weighted by Gasteiger charge is 2.46. The Labute approximate surface area is 133 Å². The van der Waals surface area contributed by atoms with Crippen LogP contribution in [0.2, 0.25) is 0 Å². The summed E-state index contributed by atoms with van der Waals surface area (Å²) in [7, 11) is 3.98. The van der Waals surface area contributed by atoms with E-state index in [4.69, 9.17) is 4.74 Å². The van der Waals surface area contributed by atoms with Gasteiger partial charge in [-0.15, -0.1) is 0 Å². The van der Waals surface area contributed by atoms with Crippen LogP contribution >= 0.6 is 0 Å². The third kappa shape index (κ3) is 3.33. The Balaban J connectivity index is 2.02. The van der Waals surface area contributed by atoms with Gasteiger partial charge in [-0.05, 0) is 58.3 Å². The third-order valence-electron chi connectivity index (χ3n) is 4.42. The van der Waals surface area contributed by atoms with Crippen molar-refractivity contribution in [2.45, 2.75) is 44.8 Å². The number of hydrogen-bond donors (Lipinski definition) is 1. The largest absolute Gasteiger partial charge is 0.379 e. The fraction of sp³-hybridized carbons (Fsp3) is 0.611. The molecule has 4 heteroatoms. The van der Waals surface area contributed by atoms with Crippen molar-refractivity contribution in [3.63, 3.8) is 0 Å². The lowest BCUT2D eigenvalue weighted by atomic mass is 9.89. The minimum atomic E-state index is -0.532. The molecule has 1 atom stereocenters. The van der Waals surface area contributed by atoms with E-state index in [9.17, 15) is 4.79 Å². The van der Waals surface area contributed by atoms with Gasteiger partial charge in [-0.1, -0.05) is 24.3 Å². The van der Waals surface area contributed by atoms with Crippen molar-refractivity contribution in [1.82, 2.24) is 10.2 Å². The molecule has 122 valence electrons. The average molecular weight is 304 g/mol. The van der Waals surface area contributed by atoms with Gasteiger partial charge in [-0.3, -0.25) is 9.69 Å². The zero-order chi connectivity index (χ0) is 16.2. The summed E-state index contributed by atoms with van der Waals surface area (Å²) in [4.78, 5) is 14.9. The predicted octanol–water partition coefficient (Wildman–Crippen LogP) is 2.32. The maximum atomic E-state index is 12.9. The van der Waals surface area contributed by atoms with E-state index in [1.165, 1.54) is 5.56 Å². The average Bonchev–Trinajstić information content (AvgIpc) is 2.87. The summed E-state index contributed by atoms with van der Waals surface area (Å²) in [5.41, 5.74) is 1.90. The minimum Gasteiger partial charge on any atom is -0.379 e. The maximum absolute atomic E-state index is 12.9. The number of benzene rings is 1. The number of nitrogens with zero attached hydrogens (tertiary/aromatic N) is 1. The van der Waals surface area contributed by atoms with E-state index in [1.54, 1.807) is 0 Å². The lowest BCUT2D eigenvalue weighted by Gasteiger charge is -2.35. The van der Waals surface area contributed by atoms with Crippen molar-refractivity contribution in [2.75, 3.05) is 27.2 Å². The van der Waals surface area contributed by atoms with Crippen LogP contribution in [0.4, 0.5) is 0 Å². The molecule has 0 heterocycles. The second-order valence-corrected chi connectivity index (χ2v) is 6.44. The molecule has 1 aromatic carbocycles. The summed E-state index contributed by atoms with van der Waals surface area (Å²) in [5.74, 6) is 0.104. The topological polar surface area (TPSA) is 41.6 Å². The van der Waals surface area contributed by atoms with Gasteiger partial charge in [0.1, 0.15) is 5.54 Å². The molecular formula is C18H28N2O2. The molecule has 1 aromatic rings. The van der Waals surface area contributed by atoms with Crippen molar-refractivity contribution >= 4 is 5.91 Å². The zero-order valence-corrected chi connectivity index (χ0v) is 14.2. The minimum absolute atomic E-state index is 0.104. The second kappa shape index (κ2) is 7.25. The monoisotopic (exact) mass is 304 g/mol. The Kier molecular flexibility index (Phi) is 5.59. The lowest BCUT2D eigenvalue weighted by molar-refractivity contribution is -0.132. The van der Waals surface area contributed by atoms with Crippen molar-refractivity contribution in [3.05, 3.63) is 35.4 Å². The molecule has 2 rings (SSSR count). The number of nitrogens with one attached hydrogen (secondary N) is 1. The summed E-state index contributed by atoms with van der Waals surface area (Å²) in [6.45, 7) is 5.39. The van der Waals surface area contributed by atoms with Gasteiger partial charge in [0.05, 0.1) is 6.10 Å². The molecule has 0 bridgehead atoms. The van der Waals surface area contributed by atoms with Gasteiger partial charge in [-0.25, -0.2) is 0 Å². The molecule has 0 aliphatic heterocycles. The van der Waals surface area contributed by atoms with Crippen LogP contribution in [-0.2, 0) is 21.5 Å². The van der Waals surface area contributed by atoms with E-state index in [0.29, 0.717) is 13.2 Å². The first-order valence-electron chi connectivity index (χ1n) is 8.14. The van der Waals surface area contributed by atoms with E-state index in [-0.39, 0.29) is 12.0 Å². The molecule has 1 aliphatic carbocycles. The number of carbonyl (C=O) groups excluding carboxylic acids is 1. The van der Waals surface area contributed by atoms with Crippen molar-refractivity contribution < 1.29 is 9.53 Å². The number of ether oxygens (including phenoxy) is 1. The molecule has 0 fully saturated rings. The highest BCUT2D eigenvalue weighted by molar-refractivity contribution is 5.89. The van der Waals surface area contributed by atoms with Gasteiger partial charge in [0, 0.05) is 13.2 Å². The van der Waals surface area contributed by atoms with Gasteiger partial charge in [0.15, 0.2) is 0 Å². The van der Waals surface area contributed by atoms with E-state index < -0.39 is 5.54 Å². The Morgan fingerprint density at radius 2 is 2.09 bits per heavy atom. The molecule has 4 nitrogen and oxygen atoms in total. The second-order valence-electron chi connectivity index (χ2n) is 6.44. The fourth-order valence-corrected chi connectivity index (χ4v) is 3.23. The summed E-state index contributed by atoms with van der Waals surface area (Å²) in [6, 6.07) is 8.28. The predicted molar refractivity (Wildman–Crippen MR) is 88.8 cm³/mol. The Morgan fingerprint density at radius 1 is 1.36 bits per heavy atom. The van der Waals surface area contributed by atoms with Crippen LogP contribution in [0, 0.1) is 0 Å². The van der Waals surface area contributed by atoms with Crippen LogP contribution in [-0.4, -0.2) is 44.2 Å². The number of fused-ring (bicyclic) bond motifs is 1. The number of likely N-dealkylation sites (N-methyl/N-ethyl adjacent to an activating group) is 1. The Hall–Kier alpha value is -1.39. The van der Waals surface area contributed by atoms with Gasteiger partial charge in [0.25, 0.3) is 0 Å². The summed E-state index contributed by atoms with van der Waals surface area (Å²) >= 11 is 0. The summed E-state index contributed by atoms with van der Waals surface area (Å²) in [6.07, 6.45) is 2.88. The van der Waals surface area contributed by atoms with E-state index in [1.807, 2.05) is 40.1 Å². The molecule has 0 saturated carbocycles. The van der Waals surface area contributed by atoms with Crippen LogP contribution in [0.5, 0.6) is 0 Å². The van der Waals surface area contributed by atoms with Crippen LogP contribution in [0.3, 0.4) is 0 Å². The highest BCUT2D eigenvalue weighted by atomic mass is 16.5. The number of hydrogen-bond acceptors (Lipinski definition) is 3.